The highest BCUT2D eigenvalue weighted by atomic mass is 16.5. The largest absolute Gasteiger partial charge is 0.396 e. The van der Waals surface area contributed by atoms with E-state index in [1.807, 2.05) is 0 Å². The molecule has 1 aliphatic heterocycles. The van der Waals surface area contributed by atoms with E-state index in [1.54, 1.807) is 0 Å². The number of hydrogen-bond donors (Lipinski definition) is 1. The molecule has 1 N–H and O–H groups in total. The minimum Gasteiger partial charge on any atom is -0.396 e. The second kappa shape index (κ2) is 5.23. The zero-order chi connectivity index (χ0) is 10.5. The molecule has 15 heavy (non-hydrogen) atoms. The van der Waals surface area contributed by atoms with Crippen molar-refractivity contribution in [1.29, 1.82) is 0 Å². The number of piperidine rings is 1. The highest BCUT2D eigenvalue weighted by Crippen LogP contribution is 2.20. The summed E-state index contributed by atoms with van der Waals surface area (Å²) in [4.78, 5) is 6.36. The Kier molecular flexibility index (Phi) is 3.69. The topological polar surface area (TPSA) is 62.4 Å². The van der Waals surface area contributed by atoms with Crippen LogP contribution in [0.5, 0.6) is 0 Å². The van der Waals surface area contributed by atoms with Crippen LogP contribution in [0.3, 0.4) is 0 Å². The molecule has 0 aromatic carbocycles. The second-order valence-corrected chi connectivity index (χ2v) is 3.98. The van der Waals surface area contributed by atoms with Crippen LogP contribution in [0.2, 0.25) is 0 Å². The van der Waals surface area contributed by atoms with Gasteiger partial charge in [0.05, 0.1) is 6.54 Å². The smallest absolute Gasteiger partial charge is 0.213 e. The monoisotopic (exact) mass is 211 g/mol. The number of aliphatic hydroxyl groups is 1. The molecule has 1 aromatic heterocycles. The minimum atomic E-state index is 0.257. The van der Waals surface area contributed by atoms with Gasteiger partial charge in [0, 0.05) is 12.6 Å². The summed E-state index contributed by atoms with van der Waals surface area (Å²) in [5.41, 5.74) is 0. The standard InChI is InChI=1S/C10H17N3O2/c14-6-4-9-3-1-2-5-13(9)7-10-11-8-15-12-10/h8-9,14H,1-7H2. The van der Waals surface area contributed by atoms with Crippen LogP contribution in [0, 0.1) is 0 Å². The Morgan fingerprint density at radius 1 is 1.53 bits per heavy atom. The van der Waals surface area contributed by atoms with Crippen LogP contribution in [0.4, 0.5) is 0 Å². The summed E-state index contributed by atoms with van der Waals surface area (Å²) in [5, 5.41) is 12.8. The summed E-state index contributed by atoms with van der Waals surface area (Å²) in [6.07, 6.45) is 5.85. The van der Waals surface area contributed by atoms with Crippen molar-refractivity contribution in [3.63, 3.8) is 0 Å². The summed E-state index contributed by atoms with van der Waals surface area (Å²) in [5.74, 6) is 0.736. The molecule has 1 saturated heterocycles. The van der Waals surface area contributed by atoms with E-state index in [1.165, 1.54) is 25.7 Å². The van der Waals surface area contributed by atoms with Crippen molar-refractivity contribution in [3.8, 4) is 0 Å². The van der Waals surface area contributed by atoms with E-state index >= 15 is 0 Å². The van der Waals surface area contributed by atoms with E-state index in [2.05, 4.69) is 15.0 Å². The molecule has 2 heterocycles. The van der Waals surface area contributed by atoms with Crippen molar-refractivity contribution in [1.82, 2.24) is 15.0 Å². The van der Waals surface area contributed by atoms with Gasteiger partial charge in [-0.2, -0.15) is 4.98 Å². The van der Waals surface area contributed by atoms with Crippen LogP contribution in [0.15, 0.2) is 10.9 Å². The van der Waals surface area contributed by atoms with E-state index < -0.39 is 0 Å². The van der Waals surface area contributed by atoms with Crippen LogP contribution in [-0.4, -0.2) is 39.3 Å². The summed E-state index contributed by atoms with van der Waals surface area (Å²) in [6.45, 7) is 2.06. The van der Waals surface area contributed by atoms with Crippen LogP contribution in [0.1, 0.15) is 31.5 Å². The second-order valence-electron chi connectivity index (χ2n) is 3.98. The molecule has 0 saturated carbocycles. The SMILES string of the molecule is OCCC1CCCCN1Cc1ncon1. The highest BCUT2D eigenvalue weighted by molar-refractivity contribution is 4.83. The lowest BCUT2D eigenvalue weighted by Crippen LogP contribution is -2.39. The molecule has 1 aliphatic rings. The quantitative estimate of drug-likeness (QED) is 0.798. The first kappa shape index (κ1) is 10.6. The number of hydrogen-bond acceptors (Lipinski definition) is 5. The van der Waals surface area contributed by atoms with Crippen molar-refractivity contribution in [3.05, 3.63) is 12.2 Å². The maximum absolute atomic E-state index is 8.99. The van der Waals surface area contributed by atoms with Crippen molar-refractivity contribution in [2.75, 3.05) is 13.2 Å². The van der Waals surface area contributed by atoms with E-state index in [4.69, 9.17) is 9.63 Å². The van der Waals surface area contributed by atoms with E-state index in [0.717, 1.165) is 25.3 Å². The number of aromatic nitrogens is 2. The predicted molar refractivity (Wildman–Crippen MR) is 54.0 cm³/mol. The van der Waals surface area contributed by atoms with Crippen molar-refractivity contribution in [2.24, 2.45) is 0 Å². The zero-order valence-corrected chi connectivity index (χ0v) is 8.80. The molecular weight excluding hydrogens is 194 g/mol. The molecule has 5 heteroatoms. The fraction of sp³-hybridized carbons (Fsp3) is 0.800. The third-order valence-electron chi connectivity index (χ3n) is 2.96. The Morgan fingerprint density at radius 2 is 2.47 bits per heavy atom. The molecule has 84 valence electrons. The molecule has 5 nitrogen and oxygen atoms in total. The minimum absolute atomic E-state index is 0.257. The molecule has 1 unspecified atom stereocenters. The zero-order valence-electron chi connectivity index (χ0n) is 8.80. The first-order chi connectivity index (χ1) is 7.40. The molecule has 0 aliphatic carbocycles. The number of rotatable bonds is 4. The fourth-order valence-electron chi connectivity index (χ4n) is 2.19. The van der Waals surface area contributed by atoms with E-state index in [9.17, 15) is 0 Å². The molecule has 1 aromatic rings. The Labute approximate surface area is 89.1 Å². The summed E-state index contributed by atoms with van der Waals surface area (Å²) >= 11 is 0. The van der Waals surface area contributed by atoms with Gasteiger partial charge < -0.3 is 9.63 Å². The van der Waals surface area contributed by atoms with Crippen molar-refractivity contribution >= 4 is 0 Å². The van der Waals surface area contributed by atoms with Crippen LogP contribution < -0.4 is 0 Å². The molecule has 1 atom stereocenters. The maximum Gasteiger partial charge on any atom is 0.213 e. The lowest BCUT2D eigenvalue weighted by atomic mass is 10.00. The average molecular weight is 211 g/mol. The van der Waals surface area contributed by atoms with Gasteiger partial charge in [-0.05, 0) is 25.8 Å². The first-order valence-corrected chi connectivity index (χ1v) is 5.50. The van der Waals surface area contributed by atoms with Crippen LogP contribution >= 0.6 is 0 Å². The maximum atomic E-state index is 8.99. The Hall–Kier alpha value is -0.940. The predicted octanol–water partition coefficient (Wildman–Crippen LogP) is 0.806. The van der Waals surface area contributed by atoms with Crippen molar-refractivity contribution < 1.29 is 9.63 Å². The van der Waals surface area contributed by atoms with E-state index in [0.29, 0.717) is 6.04 Å². The Bertz CT molecular complexity index is 274. The van der Waals surface area contributed by atoms with Gasteiger partial charge in [-0.1, -0.05) is 11.6 Å². The van der Waals surface area contributed by atoms with Gasteiger partial charge in [-0.15, -0.1) is 0 Å². The van der Waals surface area contributed by atoms with Crippen molar-refractivity contribution in [2.45, 2.75) is 38.3 Å². The number of nitrogens with zero attached hydrogens (tertiary/aromatic N) is 3. The molecule has 0 bridgehead atoms. The lowest BCUT2D eigenvalue weighted by Gasteiger charge is -2.34. The normalized spacial score (nSPS) is 23.1. The Balaban J connectivity index is 1.92. The highest BCUT2D eigenvalue weighted by Gasteiger charge is 2.22. The van der Waals surface area contributed by atoms with Gasteiger partial charge in [0.15, 0.2) is 5.82 Å². The summed E-state index contributed by atoms with van der Waals surface area (Å²) in [7, 11) is 0. The molecule has 2 rings (SSSR count). The number of likely N-dealkylation sites (tertiary alicyclic amines) is 1. The molecule has 0 spiro atoms. The first-order valence-electron chi connectivity index (χ1n) is 5.50. The molecule has 0 amide bonds. The molecule has 0 radical (unpaired) electrons. The molecular formula is C10H17N3O2. The summed E-state index contributed by atoms with van der Waals surface area (Å²) < 4.78 is 4.71. The third-order valence-corrected chi connectivity index (χ3v) is 2.96. The fourth-order valence-corrected chi connectivity index (χ4v) is 2.19. The average Bonchev–Trinajstić information content (AvgIpc) is 2.74. The molecule has 1 fully saturated rings. The van der Waals surface area contributed by atoms with E-state index in [-0.39, 0.29) is 6.61 Å². The van der Waals surface area contributed by atoms with Gasteiger partial charge in [0.2, 0.25) is 6.39 Å². The van der Waals surface area contributed by atoms with Crippen LogP contribution in [-0.2, 0) is 6.54 Å². The lowest BCUT2D eigenvalue weighted by molar-refractivity contribution is 0.109. The van der Waals surface area contributed by atoms with Gasteiger partial charge in [0.1, 0.15) is 0 Å². The van der Waals surface area contributed by atoms with Gasteiger partial charge in [-0.3, -0.25) is 4.90 Å². The summed E-state index contributed by atoms with van der Waals surface area (Å²) in [6, 6.07) is 0.474. The third kappa shape index (κ3) is 2.76. The van der Waals surface area contributed by atoms with Crippen LogP contribution in [0.25, 0.3) is 0 Å². The Morgan fingerprint density at radius 3 is 3.20 bits per heavy atom. The number of aliphatic hydroxyl groups excluding tert-OH is 1. The van der Waals surface area contributed by atoms with Gasteiger partial charge >= 0.3 is 0 Å². The van der Waals surface area contributed by atoms with Gasteiger partial charge in [0.25, 0.3) is 0 Å². The van der Waals surface area contributed by atoms with Gasteiger partial charge in [-0.25, -0.2) is 0 Å².